The van der Waals surface area contributed by atoms with Crippen LogP contribution >= 0.6 is 0 Å². The quantitative estimate of drug-likeness (QED) is 0.436. The number of benzene rings is 2. The Morgan fingerprint density at radius 1 is 1.14 bits per heavy atom. The first-order chi connectivity index (χ1) is 17.7. The summed E-state index contributed by atoms with van der Waals surface area (Å²) in [5, 5.41) is 11.3. The van der Waals surface area contributed by atoms with Gasteiger partial charge in [0.2, 0.25) is 5.82 Å². The summed E-state index contributed by atoms with van der Waals surface area (Å²) < 4.78 is 49.4. The van der Waals surface area contributed by atoms with Crippen LogP contribution in [-0.2, 0) is 18.0 Å². The molecule has 2 aromatic heterocycles. The molecule has 1 N–H and O–H groups in total. The summed E-state index contributed by atoms with van der Waals surface area (Å²) in [6.07, 6.45) is -4.74. The fourth-order valence-electron chi connectivity index (χ4n) is 4.17. The monoisotopic (exact) mass is 514 g/mol. The third-order valence-electron chi connectivity index (χ3n) is 6.00. The van der Waals surface area contributed by atoms with Crippen LogP contribution in [0.3, 0.4) is 0 Å². The van der Waals surface area contributed by atoms with Gasteiger partial charge in [-0.1, -0.05) is 35.5 Å². The maximum atomic E-state index is 13.5. The molecular formula is C24H21F3N6O4. The van der Waals surface area contributed by atoms with Crippen LogP contribution < -0.4 is 5.32 Å². The molecule has 2 aromatic carbocycles. The van der Waals surface area contributed by atoms with E-state index >= 15 is 0 Å². The molecule has 1 aliphatic heterocycles. The first kappa shape index (κ1) is 24.4. The number of nitrogens with one attached hydrogen (secondary N) is 1. The van der Waals surface area contributed by atoms with Crippen molar-refractivity contribution in [2.24, 2.45) is 7.05 Å². The van der Waals surface area contributed by atoms with Crippen molar-refractivity contribution in [3.05, 3.63) is 65.7 Å². The van der Waals surface area contributed by atoms with E-state index in [1.807, 2.05) is 24.3 Å². The van der Waals surface area contributed by atoms with Gasteiger partial charge in [0.15, 0.2) is 0 Å². The Hall–Kier alpha value is -4.26. The minimum atomic E-state index is -4.74. The summed E-state index contributed by atoms with van der Waals surface area (Å²) >= 11 is 0. The van der Waals surface area contributed by atoms with Crippen LogP contribution in [0.5, 0.6) is 0 Å². The van der Waals surface area contributed by atoms with Crippen molar-refractivity contribution in [1.82, 2.24) is 30.1 Å². The second-order valence-electron chi connectivity index (χ2n) is 8.42. The maximum absolute atomic E-state index is 13.5. The number of aromatic nitrogens is 4. The minimum absolute atomic E-state index is 0.141. The van der Waals surface area contributed by atoms with Gasteiger partial charge >= 0.3 is 12.1 Å². The third-order valence-corrected chi connectivity index (χ3v) is 6.00. The number of carbonyl (C=O) groups is 2. The first-order valence-corrected chi connectivity index (χ1v) is 11.3. The largest absolute Gasteiger partial charge is 0.471 e. The van der Waals surface area contributed by atoms with Crippen molar-refractivity contribution in [3.8, 4) is 11.4 Å². The standard InChI is InChI=1S/C24H21F3N6O4/c1-32-19(17-4-2-3-5-18(17)30-32)22(35)33-10-11-36-13-16(33)12-28-21(34)15-8-6-14(7-9-15)20-29-23(37-31-20)24(25,26)27/h2-9,16H,10-13H2,1H3,(H,28,34)/t16-/m1/s1. The predicted octanol–water partition coefficient (Wildman–Crippen LogP) is 2.91. The number of nitrogens with zero attached hydrogens (tertiary/aromatic N) is 5. The van der Waals surface area contributed by atoms with Crippen LogP contribution in [0.25, 0.3) is 22.3 Å². The molecule has 192 valence electrons. The van der Waals surface area contributed by atoms with Crippen LogP contribution in [-0.4, -0.2) is 69.0 Å². The van der Waals surface area contributed by atoms with Crippen LogP contribution in [0.2, 0.25) is 0 Å². The first-order valence-electron chi connectivity index (χ1n) is 11.3. The van der Waals surface area contributed by atoms with Gasteiger partial charge in [0.1, 0.15) is 5.69 Å². The van der Waals surface area contributed by atoms with Gasteiger partial charge in [-0.05, 0) is 18.2 Å². The topological polar surface area (TPSA) is 115 Å². The number of aryl methyl sites for hydroxylation is 1. The molecular weight excluding hydrogens is 493 g/mol. The molecule has 10 nitrogen and oxygen atoms in total. The molecule has 1 fully saturated rings. The van der Waals surface area contributed by atoms with Crippen molar-refractivity contribution in [1.29, 1.82) is 0 Å². The Morgan fingerprint density at radius 2 is 1.89 bits per heavy atom. The summed E-state index contributed by atoms with van der Waals surface area (Å²) in [6.45, 7) is 1.12. The van der Waals surface area contributed by atoms with Gasteiger partial charge < -0.3 is 19.5 Å². The molecule has 37 heavy (non-hydrogen) atoms. The van der Waals surface area contributed by atoms with Gasteiger partial charge in [-0.3, -0.25) is 14.3 Å². The molecule has 2 amide bonds. The van der Waals surface area contributed by atoms with Crippen molar-refractivity contribution in [3.63, 3.8) is 0 Å². The van der Waals surface area contributed by atoms with Gasteiger partial charge in [-0.2, -0.15) is 23.3 Å². The SMILES string of the molecule is Cn1nc2ccccc2c1C(=O)N1CCOC[C@H]1CNC(=O)c1ccc(-c2noc(C(F)(F)F)n2)cc1. The molecule has 3 heterocycles. The number of morpholine rings is 1. The lowest BCUT2D eigenvalue weighted by Crippen LogP contribution is -2.53. The van der Waals surface area contributed by atoms with E-state index < -0.39 is 24.0 Å². The van der Waals surface area contributed by atoms with Crippen LogP contribution in [0.1, 0.15) is 26.7 Å². The van der Waals surface area contributed by atoms with E-state index in [2.05, 4.69) is 25.1 Å². The van der Waals surface area contributed by atoms with E-state index in [1.165, 1.54) is 24.3 Å². The van der Waals surface area contributed by atoms with E-state index in [1.54, 1.807) is 16.6 Å². The number of carbonyl (C=O) groups excluding carboxylic acids is 2. The van der Waals surface area contributed by atoms with E-state index in [-0.39, 0.29) is 36.0 Å². The van der Waals surface area contributed by atoms with E-state index in [4.69, 9.17) is 4.74 Å². The number of amides is 2. The van der Waals surface area contributed by atoms with E-state index in [9.17, 15) is 22.8 Å². The average Bonchev–Trinajstić information content (AvgIpc) is 3.52. The maximum Gasteiger partial charge on any atom is 0.471 e. The average molecular weight is 514 g/mol. The van der Waals surface area contributed by atoms with Crippen LogP contribution in [0.4, 0.5) is 13.2 Å². The lowest BCUT2D eigenvalue weighted by Gasteiger charge is -2.35. The van der Waals surface area contributed by atoms with Gasteiger partial charge in [0.25, 0.3) is 11.8 Å². The van der Waals surface area contributed by atoms with Gasteiger partial charge in [-0.25, -0.2) is 0 Å². The Balaban J connectivity index is 1.26. The van der Waals surface area contributed by atoms with Gasteiger partial charge in [0.05, 0.1) is 24.8 Å². The lowest BCUT2D eigenvalue weighted by atomic mass is 10.1. The highest BCUT2D eigenvalue weighted by atomic mass is 19.4. The number of hydrogen-bond donors (Lipinski definition) is 1. The number of rotatable bonds is 5. The highest BCUT2D eigenvalue weighted by Crippen LogP contribution is 2.29. The molecule has 0 aliphatic carbocycles. The molecule has 0 radical (unpaired) electrons. The number of hydrogen-bond acceptors (Lipinski definition) is 7. The van der Waals surface area contributed by atoms with Crippen molar-refractivity contribution in [2.75, 3.05) is 26.3 Å². The molecule has 0 spiro atoms. The highest BCUT2D eigenvalue weighted by molar-refractivity contribution is 6.05. The third kappa shape index (κ3) is 4.89. The Morgan fingerprint density at radius 3 is 2.62 bits per heavy atom. The smallest absolute Gasteiger partial charge is 0.377 e. The van der Waals surface area contributed by atoms with Crippen molar-refractivity contribution in [2.45, 2.75) is 12.2 Å². The number of ether oxygens (including phenoxy) is 1. The summed E-state index contributed by atoms with van der Waals surface area (Å²) in [6, 6.07) is 12.7. The molecule has 1 aliphatic rings. The molecule has 13 heteroatoms. The van der Waals surface area contributed by atoms with Crippen molar-refractivity contribution >= 4 is 22.7 Å². The Labute approximate surface area is 208 Å². The molecule has 4 aromatic rings. The Bertz CT molecular complexity index is 1450. The van der Waals surface area contributed by atoms with Crippen molar-refractivity contribution < 1.29 is 32.0 Å². The molecule has 0 saturated carbocycles. The number of fused-ring (bicyclic) bond motifs is 1. The van der Waals surface area contributed by atoms with Gasteiger partial charge in [-0.15, -0.1) is 0 Å². The minimum Gasteiger partial charge on any atom is -0.377 e. The zero-order chi connectivity index (χ0) is 26.2. The fourth-order valence-corrected chi connectivity index (χ4v) is 4.17. The summed E-state index contributed by atoms with van der Waals surface area (Å²) in [7, 11) is 1.71. The predicted molar refractivity (Wildman–Crippen MR) is 123 cm³/mol. The van der Waals surface area contributed by atoms with Crippen LogP contribution in [0, 0.1) is 0 Å². The molecule has 0 bridgehead atoms. The normalized spacial score (nSPS) is 16.2. The fraction of sp³-hybridized carbons (Fsp3) is 0.292. The zero-order valence-electron chi connectivity index (χ0n) is 19.5. The summed E-state index contributed by atoms with van der Waals surface area (Å²) in [5.41, 5.74) is 1.71. The molecule has 0 unspecified atom stereocenters. The van der Waals surface area contributed by atoms with Gasteiger partial charge in [0, 0.05) is 36.7 Å². The zero-order valence-corrected chi connectivity index (χ0v) is 19.5. The molecule has 5 rings (SSSR count). The Kier molecular flexibility index (Phi) is 6.38. The number of halogens is 3. The van der Waals surface area contributed by atoms with E-state index in [0.29, 0.717) is 24.4 Å². The lowest BCUT2D eigenvalue weighted by molar-refractivity contribution is -0.159. The molecule has 1 saturated heterocycles. The summed E-state index contributed by atoms with van der Waals surface area (Å²) in [4.78, 5) is 31.2. The summed E-state index contributed by atoms with van der Waals surface area (Å²) in [5.74, 6) is -2.31. The second kappa shape index (κ2) is 9.65. The van der Waals surface area contributed by atoms with Crippen LogP contribution in [0.15, 0.2) is 53.1 Å². The molecule has 1 atom stereocenters. The van der Waals surface area contributed by atoms with E-state index in [0.717, 1.165) is 5.39 Å². The highest BCUT2D eigenvalue weighted by Gasteiger charge is 2.38. The number of alkyl halides is 3. The second-order valence-corrected chi connectivity index (χ2v) is 8.42.